The summed E-state index contributed by atoms with van der Waals surface area (Å²) in [5.41, 5.74) is 0.309. The number of urea groups is 1. The van der Waals surface area contributed by atoms with Crippen molar-refractivity contribution >= 4 is 23.4 Å². The lowest BCUT2D eigenvalue weighted by Gasteiger charge is -2.21. The van der Waals surface area contributed by atoms with Crippen LogP contribution in [0, 0.1) is 5.82 Å². The third-order valence-electron chi connectivity index (χ3n) is 6.44. The molecule has 3 aromatic heterocycles. The average Bonchev–Trinajstić information content (AvgIpc) is 3.40. The molecule has 0 spiro atoms. The van der Waals surface area contributed by atoms with E-state index >= 15 is 4.39 Å². The normalized spacial score (nSPS) is 15.1. The Morgan fingerprint density at radius 2 is 1.90 bits per heavy atom. The average molecular weight is 569 g/mol. The topological polar surface area (TPSA) is 127 Å². The number of aromatic nitrogens is 5. The maximum absolute atomic E-state index is 15.8. The predicted molar refractivity (Wildman–Crippen MR) is 141 cm³/mol. The van der Waals surface area contributed by atoms with E-state index in [1.807, 2.05) is 0 Å². The maximum atomic E-state index is 15.8. The molecule has 3 amide bonds. The van der Waals surface area contributed by atoms with Crippen molar-refractivity contribution in [2.45, 2.75) is 19.6 Å². The van der Waals surface area contributed by atoms with E-state index in [9.17, 15) is 23.2 Å². The molecular weight excluding hydrogens is 545 g/mol. The van der Waals surface area contributed by atoms with Crippen molar-refractivity contribution in [3.05, 3.63) is 76.7 Å². The van der Waals surface area contributed by atoms with Gasteiger partial charge in [0.25, 0.3) is 5.91 Å². The first-order valence-electron chi connectivity index (χ1n) is 12.3. The van der Waals surface area contributed by atoms with Crippen LogP contribution >= 0.6 is 0 Å². The summed E-state index contributed by atoms with van der Waals surface area (Å²) in [7, 11) is 2.77. The molecule has 0 bridgehead atoms. The van der Waals surface area contributed by atoms with Gasteiger partial charge in [0.2, 0.25) is 0 Å². The molecule has 0 saturated carbocycles. The number of nitrogens with zero attached hydrogens (tertiary/aromatic N) is 7. The van der Waals surface area contributed by atoms with Crippen LogP contribution in [0.15, 0.2) is 59.7 Å². The molecule has 5 rings (SSSR count). The van der Waals surface area contributed by atoms with E-state index in [1.165, 1.54) is 54.5 Å². The van der Waals surface area contributed by atoms with Gasteiger partial charge in [-0.25, -0.2) is 28.2 Å². The van der Waals surface area contributed by atoms with Gasteiger partial charge in [0, 0.05) is 43.7 Å². The van der Waals surface area contributed by atoms with Crippen LogP contribution in [-0.4, -0.2) is 62.5 Å². The van der Waals surface area contributed by atoms with Gasteiger partial charge in [0.1, 0.15) is 0 Å². The Bertz CT molecular complexity index is 1690. The number of carbonyl (C=O) groups is 2. The monoisotopic (exact) mass is 568 g/mol. The van der Waals surface area contributed by atoms with E-state index < -0.39 is 30.2 Å². The second-order valence-corrected chi connectivity index (χ2v) is 9.04. The van der Waals surface area contributed by atoms with Gasteiger partial charge in [-0.05, 0) is 43.3 Å². The first-order valence-corrected chi connectivity index (χ1v) is 12.3. The minimum Gasteiger partial charge on any atom is -0.401 e. The summed E-state index contributed by atoms with van der Waals surface area (Å²) in [5, 5.41) is 6.18. The highest BCUT2D eigenvalue weighted by Gasteiger charge is 2.39. The van der Waals surface area contributed by atoms with Crippen molar-refractivity contribution in [3.8, 4) is 23.0 Å². The Kier molecular flexibility index (Phi) is 7.17. The van der Waals surface area contributed by atoms with Crippen LogP contribution in [0.3, 0.4) is 0 Å². The minimum absolute atomic E-state index is 0.0182. The second kappa shape index (κ2) is 10.7. The van der Waals surface area contributed by atoms with Crippen LogP contribution < -0.4 is 25.5 Å². The van der Waals surface area contributed by atoms with Gasteiger partial charge in [0.05, 0.1) is 23.6 Å². The van der Waals surface area contributed by atoms with Gasteiger partial charge in [-0.3, -0.25) is 19.6 Å². The first-order chi connectivity index (χ1) is 19.6. The number of pyridine rings is 2. The molecule has 12 nitrogen and oxygen atoms in total. The number of halogens is 3. The molecule has 1 fully saturated rings. The number of aryl methyl sites for hydroxylation is 1. The van der Waals surface area contributed by atoms with Crippen molar-refractivity contribution in [2.24, 2.45) is 7.05 Å². The van der Waals surface area contributed by atoms with E-state index in [4.69, 9.17) is 0 Å². The Hall–Kier alpha value is -5.21. The Balaban J connectivity index is 1.45. The van der Waals surface area contributed by atoms with Crippen LogP contribution in [-0.2, 0) is 7.05 Å². The molecule has 1 aliphatic heterocycles. The fourth-order valence-electron chi connectivity index (χ4n) is 4.54. The number of ether oxygens (including phenoxy) is 1. The van der Waals surface area contributed by atoms with Crippen LogP contribution in [0.1, 0.15) is 17.3 Å². The Morgan fingerprint density at radius 3 is 2.59 bits per heavy atom. The van der Waals surface area contributed by atoms with Crippen LogP contribution in [0.2, 0.25) is 0 Å². The third-order valence-corrected chi connectivity index (χ3v) is 6.44. The molecule has 41 heavy (non-hydrogen) atoms. The van der Waals surface area contributed by atoms with Gasteiger partial charge in [0.15, 0.2) is 11.6 Å². The number of carbonyl (C=O) groups excluding carboxylic acids is 2. The zero-order chi connectivity index (χ0) is 29.4. The van der Waals surface area contributed by atoms with Crippen LogP contribution in [0.4, 0.5) is 29.5 Å². The SMILES string of the molecule is CNC(=O)c1cccc(N2C(=O)N(c3nccc(-c4ccc(-n5c(OC(F)F)nn(C)c5=O)cn4)c3F)C[C@H]2C)c1. The standard InChI is InChI=1S/C26H23F3N8O4/c1-14-13-35(26(40)36(14)16-6-4-5-15(11-16)22(38)30-2)21-20(27)18(9-10-31-21)19-8-7-17(12-32-19)37-24(41-23(28)29)33-34(3)25(37)39/h4-12,14,23H,13H2,1-3H3,(H,30,38)/t14-/m1/s1. The Labute approximate surface area is 230 Å². The molecule has 1 saturated heterocycles. The molecule has 1 aliphatic rings. The molecule has 0 radical (unpaired) electrons. The number of benzene rings is 1. The summed E-state index contributed by atoms with van der Waals surface area (Å²) < 4.78 is 47.4. The van der Waals surface area contributed by atoms with Crippen molar-refractivity contribution in [1.82, 2.24) is 29.6 Å². The summed E-state index contributed by atoms with van der Waals surface area (Å²) in [6.07, 6.45) is 2.51. The third kappa shape index (κ3) is 4.97. The smallest absolute Gasteiger partial charge is 0.389 e. The van der Waals surface area contributed by atoms with Gasteiger partial charge < -0.3 is 10.1 Å². The molecule has 0 aliphatic carbocycles. The van der Waals surface area contributed by atoms with Crippen molar-refractivity contribution < 1.29 is 27.5 Å². The molecule has 15 heteroatoms. The number of nitrogens with one attached hydrogen (secondary N) is 1. The largest absolute Gasteiger partial charge is 0.401 e. The van der Waals surface area contributed by atoms with E-state index in [0.717, 1.165) is 9.25 Å². The molecular formula is C26H23F3N8O4. The highest BCUT2D eigenvalue weighted by Crippen LogP contribution is 2.33. The lowest BCUT2D eigenvalue weighted by Crippen LogP contribution is -2.34. The molecule has 1 aromatic carbocycles. The number of anilines is 2. The summed E-state index contributed by atoms with van der Waals surface area (Å²) in [6, 6.07) is 9.12. The van der Waals surface area contributed by atoms with E-state index in [0.29, 0.717) is 11.3 Å². The fraction of sp³-hybridized carbons (Fsp3) is 0.231. The van der Waals surface area contributed by atoms with Crippen LogP contribution in [0.25, 0.3) is 16.9 Å². The van der Waals surface area contributed by atoms with Gasteiger partial charge in [-0.15, -0.1) is 5.10 Å². The highest BCUT2D eigenvalue weighted by molar-refractivity contribution is 6.07. The van der Waals surface area contributed by atoms with Gasteiger partial charge in [-0.2, -0.15) is 8.78 Å². The van der Waals surface area contributed by atoms with E-state index in [2.05, 4.69) is 25.1 Å². The molecule has 1 N–H and O–H groups in total. The van der Waals surface area contributed by atoms with Crippen molar-refractivity contribution in [3.63, 3.8) is 0 Å². The molecule has 4 heterocycles. The van der Waals surface area contributed by atoms with Crippen molar-refractivity contribution in [1.29, 1.82) is 0 Å². The molecule has 4 aromatic rings. The van der Waals surface area contributed by atoms with Gasteiger partial charge in [-0.1, -0.05) is 6.07 Å². The number of alkyl halides is 2. The first kappa shape index (κ1) is 27.4. The lowest BCUT2D eigenvalue weighted by molar-refractivity contribution is -0.0575. The van der Waals surface area contributed by atoms with Gasteiger partial charge >= 0.3 is 24.3 Å². The minimum atomic E-state index is -3.21. The summed E-state index contributed by atoms with van der Waals surface area (Å²) in [5.74, 6) is -1.34. The molecule has 0 unspecified atom stereocenters. The number of rotatable bonds is 7. The fourth-order valence-corrected chi connectivity index (χ4v) is 4.54. The zero-order valence-electron chi connectivity index (χ0n) is 22.0. The van der Waals surface area contributed by atoms with E-state index in [1.54, 1.807) is 31.2 Å². The molecule has 1 atom stereocenters. The van der Waals surface area contributed by atoms with Crippen molar-refractivity contribution in [2.75, 3.05) is 23.4 Å². The maximum Gasteiger partial charge on any atom is 0.389 e. The highest BCUT2D eigenvalue weighted by atomic mass is 19.3. The zero-order valence-corrected chi connectivity index (χ0v) is 22.0. The second-order valence-electron chi connectivity index (χ2n) is 9.04. The predicted octanol–water partition coefficient (Wildman–Crippen LogP) is 2.96. The number of hydrogen-bond acceptors (Lipinski definition) is 7. The quantitative estimate of drug-likeness (QED) is 0.363. The number of amides is 3. The Morgan fingerprint density at radius 1 is 1.12 bits per heavy atom. The van der Waals surface area contributed by atoms with Crippen LogP contribution in [0.5, 0.6) is 6.01 Å². The summed E-state index contributed by atoms with van der Waals surface area (Å²) in [4.78, 5) is 48.9. The summed E-state index contributed by atoms with van der Waals surface area (Å²) >= 11 is 0. The summed E-state index contributed by atoms with van der Waals surface area (Å²) in [6.45, 7) is -1.29. The van der Waals surface area contributed by atoms with E-state index in [-0.39, 0.29) is 41.3 Å². The molecule has 212 valence electrons. The lowest BCUT2D eigenvalue weighted by atomic mass is 10.1. The number of hydrogen-bond donors (Lipinski definition) is 1.